The Hall–Kier alpha value is -2.20. The zero-order valence-electron chi connectivity index (χ0n) is 12.5. The molecule has 0 radical (unpaired) electrons. The lowest BCUT2D eigenvalue weighted by atomic mass is 10.1. The van der Waals surface area contributed by atoms with Crippen LogP contribution in [0.3, 0.4) is 0 Å². The molecule has 0 aliphatic carbocycles. The Morgan fingerprint density at radius 2 is 1.95 bits per heavy atom. The second-order valence-electron chi connectivity index (χ2n) is 5.49. The van der Waals surface area contributed by atoms with Crippen LogP contribution < -0.4 is 0 Å². The van der Waals surface area contributed by atoms with Gasteiger partial charge in [0.25, 0.3) is 5.91 Å². The smallest absolute Gasteiger partial charge is 0.254 e. The molecular weight excluding hydrogens is 276 g/mol. The standard InChI is InChI=1S/C18H20N2O2/c21-18(16-6-10-19-11-7-16)20(17-9-13-22-14-17)12-8-15-4-2-1-3-5-15/h1-7,10-11,17H,8-9,12-14H2/t17-/m0/s1. The second-order valence-corrected chi connectivity index (χ2v) is 5.49. The summed E-state index contributed by atoms with van der Waals surface area (Å²) in [7, 11) is 0. The lowest BCUT2D eigenvalue weighted by molar-refractivity contribution is 0.0656. The summed E-state index contributed by atoms with van der Waals surface area (Å²) >= 11 is 0. The van der Waals surface area contributed by atoms with Gasteiger partial charge in [-0.1, -0.05) is 30.3 Å². The van der Waals surface area contributed by atoms with Gasteiger partial charge in [-0.3, -0.25) is 9.78 Å². The van der Waals surface area contributed by atoms with Gasteiger partial charge >= 0.3 is 0 Å². The molecule has 1 aliphatic rings. The molecule has 0 unspecified atom stereocenters. The largest absolute Gasteiger partial charge is 0.379 e. The molecule has 4 heteroatoms. The molecule has 1 aromatic heterocycles. The van der Waals surface area contributed by atoms with Crippen molar-refractivity contribution in [3.8, 4) is 0 Å². The number of hydrogen-bond donors (Lipinski definition) is 0. The predicted octanol–water partition coefficient (Wildman–Crippen LogP) is 2.56. The third-order valence-electron chi connectivity index (χ3n) is 4.02. The Morgan fingerprint density at radius 1 is 1.18 bits per heavy atom. The zero-order chi connectivity index (χ0) is 15.2. The molecule has 2 heterocycles. The summed E-state index contributed by atoms with van der Waals surface area (Å²) in [5.41, 5.74) is 1.93. The van der Waals surface area contributed by atoms with E-state index in [1.54, 1.807) is 24.5 Å². The summed E-state index contributed by atoms with van der Waals surface area (Å²) in [5, 5.41) is 0. The van der Waals surface area contributed by atoms with E-state index in [2.05, 4.69) is 17.1 Å². The SMILES string of the molecule is O=C(c1ccncc1)N(CCc1ccccc1)[C@H]1CCOC1. The van der Waals surface area contributed by atoms with E-state index in [4.69, 9.17) is 4.74 Å². The van der Waals surface area contributed by atoms with Crippen molar-refractivity contribution >= 4 is 5.91 Å². The molecule has 114 valence electrons. The van der Waals surface area contributed by atoms with E-state index in [1.807, 2.05) is 23.1 Å². The molecular formula is C18H20N2O2. The minimum Gasteiger partial charge on any atom is -0.379 e. The highest BCUT2D eigenvalue weighted by atomic mass is 16.5. The Morgan fingerprint density at radius 3 is 2.64 bits per heavy atom. The minimum absolute atomic E-state index is 0.0637. The van der Waals surface area contributed by atoms with E-state index in [1.165, 1.54) is 5.56 Å². The van der Waals surface area contributed by atoms with Gasteiger partial charge in [0.1, 0.15) is 0 Å². The van der Waals surface area contributed by atoms with Gasteiger partial charge in [-0.05, 0) is 30.5 Å². The van der Waals surface area contributed by atoms with Crippen molar-refractivity contribution in [3.05, 3.63) is 66.0 Å². The van der Waals surface area contributed by atoms with Crippen LogP contribution in [0, 0.1) is 0 Å². The number of rotatable bonds is 5. The zero-order valence-corrected chi connectivity index (χ0v) is 12.5. The molecule has 0 spiro atoms. The Balaban J connectivity index is 1.73. The summed E-state index contributed by atoms with van der Waals surface area (Å²) < 4.78 is 5.47. The van der Waals surface area contributed by atoms with E-state index in [0.29, 0.717) is 18.7 Å². The van der Waals surface area contributed by atoms with Crippen LogP contribution in [0.4, 0.5) is 0 Å². The molecule has 1 amide bonds. The summed E-state index contributed by atoms with van der Waals surface area (Å²) in [4.78, 5) is 18.7. The highest BCUT2D eigenvalue weighted by Crippen LogP contribution is 2.17. The lowest BCUT2D eigenvalue weighted by Crippen LogP contribution is -2.42. The normalized spacial score (nSPS) is 17.4. The number of carbonyl (C=O) groups excluding carboxylic acids is 1. The summed E-state index contributed by atoms with van der Waals surface area (Å²) in [5.74, 6) is 0.0637. The fraction of sp³-hybridized carbons (Fsp3) is 0.333. The molecule has 22 heavy (non-hydrogen) atoms. The number of aromatic nitrogens is 1. The number of amides is 1. The first-order chi connectivity index (χ1) is 10.8. The third-order valence-corrected chi connectivity index (χ3v) is 4.02. The third kappa shape index (κ3) is 3.52. The second kappa shape index (κ2) is 7.18. The molecule has 0 bridgehead atoms. The van der Waals surface area contributed by atoms with Crippen molar-refractivity contribution in [3.63, 3.8) is 0 Å². The number of carbonyl (C=O) groups is 1. The number of pyridine rings is 1. The lowest BCUT2D eigenvalue weighted by Gasteiger charge is -2.28. The molecule has 0 N–H and O–H groups in total. The first-order valence-corrected chi connectivity index (χ1v) is 7.67. The predicted molar refractivity (Wildman–Crippen MR) is 84.6 cm³/mol. The van der Waals surface area contributed by atoms with E-state index in [9.17, 15) is 4.79 Å². The molecule has 3 rings (SSSR count). The van der Waals surface area contributed by atoms with E-state index in [0.717, 1.165) is 19.4 Å². The van der Waals surface area contributed by atoms with Crippen molar-refractivity contribution in [2.24, 2.45) is 0 Å². The Bertz CT molecular complexity index is 595. The number of benzene rings is 1. The van der Waals surface area contributed by atoms with Crippen LogP contribution in [0.25, 0.3) is 0 Å². The van der Waals surface area contributed by atoms with Gasteiger partial charge < -0.3 is 9.64 Å². The van der Waals surface area contributed by atoms with Gasteiger partial charge in [-0.15, -0.1) is 0 Å². The highest BCUT2D eigenvalue weighted by molar-refractivity contribution is 5.94. The molecule has 1 saturated heterocycles. The monoisotopic (exact) mass is 296 g/mol. The highest BCUT2D eigenvalue weighted by Gasteiger charge is 2.27. The summed E-state index contributed by atoms with van der Waals surface area (Å²) in [6, 6.07) is 14.0. The van der Waals surface area contributed by atoms with Crippen LogP contribution in [-0.2, 0) is 11.2 Å². The minimum atomic E-state index is 0.0637. The topological polar surface area (TPSA) is 42.4 Å². The van der Waals surface area contributed by atoms with Gasteiger partial charge in [0.2, 0.25) is 0 Å². The van der Waals surface area contributed by atoms with Crippen LogP contribution >= 0.6 is 0 Å². The van der Waals surface area contributed by atoms with E-state index >= 15 is 0 Å². The molecule has 0 saturated carbocycles. The quantitative estimate of drug-likeness (QED) is 0.851. The molecule has 2 aromatic rings. The maximum absolute atomic E-state index is 12.8. The van der Waals surface area contributed by atoms with Gasteiger partial charge in [-0.25, -0.2) is 0 Å². The van der Waals surface area contributed by atoms with Crippen molar-refractivity contribution in [2.75, 3.05) is 19.8 Å². The summed E-state index contributed by atoms with van der Waals surface area (Å²) in [6.45, 7) is 2.07. The Labute approximate surface area is 130 Å². The fourth-order valence-corrected chi connectivity index (χ4v) is 2.77. The molecule has 1 aliphatic heterocycles. The Kier molecular flexibility index (Phi) is 4.81. The average Bonchev–Trinajstić information content (AvgIpc) is 3.11. The molecule has 1 fully saturated rings. The molecule has 1 aromatic carbocycles. The van der Waals surface area contributed by atoms with E-state index < -0.39 is 0 Å². The van der Waals surface area contributed by atoms with E-state index in [-0.39, 0.29) is 11.9 Å². The van der Waals surface area contributed by atoms with Crippen LogP contribution in [0.5, 0.6) is 0 Å². The van der Waals surface area contributed by atoms with Crippen molar-refractivity contribution in [2.45, 2.75) is 18.9 Å². The van der Waals surface area contributed by atoms with Crippen LogP contribution in [0.1, 0.15) is 22.3 Å². The van der Waals surface area contributed by atoms with Crippen LogP contribution in [0.15, 0.2) is 54.9 Å². The first-order valence-electron chi connectivity index (χ1n) is 7.67. The van der Waals surface area contributed by atoms with Crippen molar-refractivity contribution in [1.82, 2.24) is 9.88 Å². The van der Waals surface area contributed by atoms with Crippen molar-refractivity contribution in [1.29, 1.82) is 0 Å². The number of ether oxygens (including phenoxy) is 1. The fourth-order valence-electron chi connectivity index (χ4n) is 2.77. The maximum Gasteiger partial charge on any atom is 0.254 e. The number of nitrogens with zero attached hydrogens (tertiary/aromatic N) is 2. The summed E-state index contributed by atoms with van der Waals surface area (Å²) in [6.07, 6.45) is 5.08. The van der Waals surface area contributed by atoms with Crippen molar-refractivity contribution < 1.29 is 9.53 Å². The molecule has 4 nitrogen and oxygen atoms in total. The molecule has 1 atom stereocenters. The van der Waals surface area contributed by atoms with Gasteiger partial charge in [0.05, 0.1) is 12.6 Å². The maximum atomic E-state index is 12.8. The van der Waals surface area contributed by atoms with Gasteiger partial charge in [0.15, 0.2) is 0 Å². The van der Waals surface area contributed by atoms with Gasteiger partial charge in [-0.2, -0.15) is 0 Å². The number of hydrogen-bond acceptors (Lipinski definition) is 3. The van der Waals surface area contributed by atoms with Crippen LogP contribution in [-0.4, -0.2) is 41.6 Å². The average molecular weight is 296 g/mol. The van der Waals surface area contributed by atoms with Crippen LogP contribution in [0.2, 0.25) is 0 Å². The van der Waals surface area contributed by atoms with Gasteiger partial charge in [0, 0.05) is 31.1 Å². The first kappa shape index (κ1) is 14.7.